The highest BCUT2D eigenvalue weighted by Crippen LogP contribution is 2.25. The van der Waals surface area contributed by atoms with E-state index in [1.807, 2.05) is 30.5 Å². The Labute approximate surface area is 139 Å². The number of sulfonamides is 1. The molecule has 1 aliphatic heterocycles. The highest BCUT2D eigenvalue weighted by atomic mass is 32.2. The van der Waals surface area contributed by atoms with E-state index in [0.29, 0.717) is 11.3 Å². The molecule has 1 aliphatic rings. The normalized spacial score (nSPS) is 13.7. The number of carbonyl (C=O) groups is 1. The molecule has 2 aromatic rings. The number of thioether (sulfide) groups is 1. The molecule has 3 rings (SSSR count). The van der Waals surface area contributed by atoms with Crippen molar-refractivity contribution in [3.05, 3.63) is 53.6 Å². The Morgan fingerprint density at radius 1 is 1.17 bits per heavy atom. The summed E-state index contributed by atoms with van der Waals surface area (Å²) >= 11 is 1.64. The van der Waals surface area contributed by atoms with E-state index in [1.165, 1.54) is 6.07 Å². The van der Waals surface area contributed by atoms with Crippen molar-refractivity contribution in [3.8, 4) is 0 Å². The van der Waals surface area contributed by atoms with Crippen LogP contribution in [-0.4, -0.2) is 20.6 Å². The van der Waals surface area contributed by atoms with E-state index in [0.717, 1.165) is 10.5 Å². The Balaban J connectivity index is 1.74. The van der Waals surface area contributed by atoms with E-state index in [4.69, 9.17) is 0 Å². The van der Waals surface area contributed by atoms with Crippen molar-refractivity contribution in [2.75, 3.05) is 11.6 Å². The molecule has 0 bridgehead atoms. The monoisotopic (exact) mass is 348 g/mol. The van der Waals surface area contributed by atoms with Crippen LogP contribution in [0.15, 0.2) is 52.3 Å². The molecule has 0 radical (unpaired) electrons. The number of carbonyl (C=O) groups excluding carboxylic acids is 1. The lowest BCUT2D eigenvalue weighted by Gasteiger charge is -2.08. The zero-order valence-electron chi connectivity index (χ0n) is 12.5. The van der Waals surface area contributed by atoms with E-state index in [2.05, 4.69) is 10.0 Å². The predicted octanol–water partition coefficient (Wildman–Crippen LogP) is 2.38. The number of fused-ring (bicyclic) bond motifs is 1. The van der Waals surface area contributed by atoms with E-state index in [-0.39, 0.29) is 23.8 Å². The fourth-order valence-corrected chi connectivity index (χ4v) is 3.85. The van der Waals surface area contributed by atoms with E-state index in [9.17, 15) is 13.2 Å². The van der Waals surface area contributed by atoms with Crippen LogP contribution in [-0.2, 0) is 27.8 Å². The summed E-state index contributed by atoms with van der Waals surface area (Å²) in [6.45, 7) is 0.227. The maximum absolute atomic E-state index is 12.4. The van der Waals surface area contributed by atoms with Gasteiger partial charge in [-0.15, -0.1) is 11.8 Å². The topological polar surface area (TPSA) is 75.3 Å². The molecule has 2 aromatic carbocycles. The standard InChI is InChI=1S/C16H16N2O3S2/c1-22-13-4-2-11(3-5-13)10-17-23(20,21)14-6-7-15-12(8-14)9-16(19)18-15/h2-8,17H,9-10H2,1H3,(H,18,19). The van der Waals surface area contributed by atoms with Crippen LogP contribution < -0.4 is 10.0 Å². The molecule has 0 aliphatic carbocycles. The SMILES string of the molecule is CSc1ccc(CNS(=O)(=O)c2ccc3c(c2)CC(=O)N3)cc1. The Hall–Kier alpha value is -1.83. The number of hydrogen-bond acceptors (Lipinski definition) is 4. The zero-order valence-corrected chi connectivity index (χ0v) is 14.1. The summed E-state index contributed by atoms with van der Waals surface area (Å²) in [6.07, 6.45) is 2.21. The first-order chi connectivity index (χ1) is 11.0. The molecule has 0 saturated heterocycles. The highest BCUT2D eigenvalue weighted by Gasteiger charge is 2.21. The first-order valence-corrected chi connectivity index (χ1v) is 9.74. The van der Waals surface area contributed by atoms with Crippen LogP contribution in [0.1, 0.15) is 11.1 Å². The molecule has 7 heteroatoms. The maximum atomic E-state index is 12.4. The minimum absolute atomic E-state index is 0.114. The van der Waals surface area contributed by atoms with Gasteiger partial charge in [0.25, 0.3) is 0 Å². The number of anilines is 1. The third-order valence-corrected chi connectivity index (χ3v) is 5.78. The van der Waals surface area contributed by atoms with E-state index >= 15 is 0 Å². The molecule has 0 atom stereocenters. The first kappa shape index (κ1) is 16.0. The summed E-state index contributed by atoms with van der Waals surface area (Å²) in [5.41, 5.74) is 2.29. The number of rotatable bonds is 5. The third-order valence-electron chi connectivity index (χ3n) is 3.64. The van der Waals surface area contributed by atoms with Gasteiger partial charge in [0, 0.05) is 17.1 Å². The van der Waals surface area contributed by atoms with Crippen LogP contribution in [0.5, 0.6) is 0 Å². The average molecular weight is 348 g/mol. The molecule has 0 saturated carbocycles. The molecule has 0 spiro atoms. The Bertz CT molecular complexity index is 846. The van der Waals surface area contributed by atoms with E-state index < -0.39 is 10.0 Å². The van der Waals surface area contributed by atoms with Gasteiger partial charge in [0.15, 0.2) is 0 Å². The third kappa shape index (κ3) is 3.57. The van der Waals surface area contributed by atoms with Gasteiger partial charge in [-0.1, -0.05) is 12.1 Å². The molecule has 5 nitrogen and oxygen atoms in total. The van der Waals surface area contributed by atoms with Crippen LogP contribution in [0.25, 0.3) is 0 Å². The summed E-state index contributed by atoms with van der Waals surface area (Å²) in [4.78, 5) is 12.7. The Morgan fingerprint density at radius 2 is 1.91 bits per heavy atom. The second-order valence-corrected chi connectivity index (χ2v) is 7.86. The number of benzene rings is 2. The van der Waals surface area contributed by atoms with Crippen LogP contribution in [0, 0.1) is 0 Å². The summed E-state index contributed by atoms with van der Waals surface area (Å²) in [7, 11) is -3.61. The van der Waals surface area contributed by atoms with Crippen molar-refractivity contribution in [3.63, 3.8) is 0 Å². The minimum Gasteiger partial charge on any atom is -0.326 e. The number of nitrogens with one attached hydrogen (secondary N) is 2. The van der Waals surface area contributed by atoms with Gasteiger partial charge in [0.1, 0.15) is 0 Å². The van der Waals surface area contributed by atoms with Crippen LogP contribution >= 0.6 is 11.8 Å². The quantitative estimate of drug-likeness (QED) is 0.814. The maximum Gasteiger partial charge on any atom is 0.240 e. The van der Waals surface area contributed by atoms with Gasteiger partial charge in [-0.3, -0.25) is 4.79 Å². The van der Waals surface area contributed by atoms with Crippen molar-refractivity contribution in [1.29, 1.82) is 0 Å². The summed E-state index contributed by atoms with van der Waals surface area (Å²) in [5, 5.41) is 2.69. The van der Waals surface area contributed by atoms with Gasteiger partial charge in [-0.25, -0.2) is 13.1 Å². The molecular weight excluding hydrogens is 332 g/mol. The van der Waals surface area contributed by atoms with Gasteiger partial charge >= 0.3 is 0 Å². The lowest BCUT2D eigenvalue weighted by molar-refractivity contribution is -0.115. The fraction of sp³-hybridized carbons (Fsp3) is 0.188. The van der Waals surface area contributed by atoms with Gasteiger partial charge in [-0.2, -0.15) is 0 Å². The van der Waals surface area contributed by atoms with Gasteiger partial charge in [0.2, 0.25) is 15.9 Å². The van der Waals surface area contributed by atoms with Crippen molar-refractivity contribution in [2.45, 2.75) is 22.8 Å². The van der Waals surface area contributed by atoms with Crippen LogP contribution in [0.2, 0.25) is 0 Å². The second kappa shape index (κ2) is 6.35. The molecule has 23 heavy (non-hydrogen) atoms. The summed E-state index contributed by atoms with van der Waals surface area (Å²) in [5.74, 6) is -0.114. The molecule has 1 amide bonds. The van der Waals surface area contributed by atoms with Crippen LogP contribution in [0.3, 0.4) is 0 Å². The van der Waals surface area contributed by atoms with Crippen molar-refractivity contribution >= 4 is 33.4 Å². The molecule has 120 valence electrons. The molecule has 0 unspecified atom stereocenters. The lowest BCUT2D eigenvalue weighted by Crippen LogP contribution is -2.23. The smallest absolute Gasteiger partial charge is 0.240 e. The van der Waals surface area contributed by atoms with Gasteiger partial charge in [-0.05, 0) is 47.7 Å². The number of amides is 1. The largest absolute Gasteiger partial charge is 0.326 e. The average Bonchev–Trinajstić information content (AvgIpc) is 2.92. The minimum atomic E-state index is -3.61. The summed E-state index contributed by atoms with van der Waals surface area (Å²) < 4.78 is 27.4. The van der Waals surface area contributed by atoms with Crippen molar-refractivity contribution in [2.24, 2.45) is 0 Å². The predicted molar refractivity (Wildman–Crippen MR) is 91.0 cm³/mol. The zero-order chi connectivity index (χ0) is 16.4. The van der Waals surface area contributed by atoms with E-state index in [1.54, 1.807) is 23.9 Å². The summed E-state index contributed by atoms with van der Waals surface area (Å²) in [6, 6.07) is 12.4. The molecule has 0 fully saturated rings. The molecule has 0 aromatic heterocycles. The Kier molecular flexibility index (Phi) is 4.43. The second-order valence-electron chi connectivity index (χ2n) is 5.22. The highest BCUT2D eigenvalue weighted by molar-refractivity contribution is 7.98. The molecule has 1 heterocycles. The lowest BCUT2D eigenvalue weighted by atomic mass is 10.2. The fourth-order valence-electron chi connectivity index (χ4n) is 2.38. The molecular formula is C16H16N2O3S2. The van der Waals surface area contributed by atoms with Crippen LogP contribution in [0.4, 0.5) is 5.69 Å². The number of hydrogen-bond donors (Lipinski definition) is 2. The first-order valence-electron chi connectivity index (χ1n) is 7.03. The molecule has 2 N–H and O–H groups in total. The van der Waals surface area contributed by atoms with Crippen molar-refractivity contribution in [1.82, 2.24) is 4.72 Å². The van der Waals surface area contributed by atoms with Gasteiger partial charge in [0.05, 0.1) is 11.3 Å². The van der Waals surface area contributed by atoms with Crippen molar-refractivity contribution < 1.29 is 13.2 Å². The van der Waals surface area contributed by atoms with Gasteiger partial charge < -0.3 is 5.32 Å². The Morgan fingerprint density at radius 3 is 2.61 bits per heavy atom.